The largest absolute Gasteiger partial charge is 0.490 e. The molecule has 1 fully saturated rings. The number of aryl methyl sites for hydroxylation is 1. The van der Waals surface area contributed by atoms with E-state index in [1.54, 1.807) is 12.1 Å². The number of halogens is 2. The number of piperidine rings is 1. The van der Waals surface area contributed by atoms with Crippen LogP contribution in [0.1, 0.15) is 57.2 Å². The highest BCUT2D eigenvalue weighted by Crippen LogP contribution is 2.38. The van der Waals surface area contributed by atoms with Crippen molar-refractivity contribution in [1.82, 2.24) is 14.4 Å². The van der Waals surface area contributed by atoms with Gasteiger partial charge in [-0.05, 0) is 64.5 Å². The van der Waals surface area contributed by atoms with Crippen molar-refractivity contribution < 1.29 is 28.2 Å². The first-order valence-corrected chi connectivity index (χ1v) is 14.9. The van der Waals surface area contributed by atoms with Crippen LogP contribution < -0.4 is 9.64 Å². The Kier molecular flexibility index (Phi) is 7.81. The molecule has 1 N–H and O–H groups in total. The molecule has 226 valence electrons. The Morgan fingerprint density at radius 2 is 1.88 bits per heavy atom. The van der Waals surface area contributed by atoms with Gasteiger partial charge in [-0.3, -0.25) is 9.20 Å². The predicted molar refractivity (Wildman–Crippen MR) is 160 cm³/mol. The van der Waals surface area contributed by atoms with Gasteiger partial charge in [0.15, 0.2) is 0 Å². The third kappa shape index (κ3) is 5.93. The molecule has 0 amide bonds. The highest BCUT2D eigenvalue weighted by Gasteiger charge is 2.33. The Labute approximate surface area is 249 Å². The fraction of sp³-hybridized carbons (Fsp3) is 0.424. The highest BCUT2D eigenvalue weighted by molar-refractivity contribution is 5.78. The molecule has 5 heterocycles. The summed E-state index contributed by atoms with van der Waals surface area (Å²) in [6, 6.07) is 9.35. The summed E-state index contributed by atoms with van der Waals surface area (Å²) in [5, 5.41) is 9.76. The van der Waals surface area contributed by atoms with Crippen LogP contribution in [0.3, 0.4) is 0 Å². The maximum atomic E-state index is 15.3. The smallest absolute Gasteiger partial charge is 0.308 e. The SMILES string of the molecule is Cc1nc2nc3cn2c(c1CC(=O)O)N1CCC(C)(CC1)OCCCCC(C)Oc1cc(F)cc(F)c1-c1cccc-3c1. The number of carbonyl (C=O) groups is 1. The standard InChI is InChI=1S/C33H36F2N4O4/c1-20-7-4-5-14-42-33(3)10-12-38(13-11-33)31-25(18-29(40)41)21(2)36-32-37-27(19-39(31)32)22-8-6-9-23(15-22)30-26(35)16-24(34)17-28(30)43-20/h6,8-9,15-17,19-20H,4-5,7,10-14,18H2,1-3H3,(H,40,41). The van der Waals surface area contributed by atoms with E-state index in [1.165, 1.54) is 6.07 Å². The Bertz CT molecular complexity index is 1680. The van der Waals surface area contributed by atoms with Gasteiger partial charge in [0.25, 0.3) is 0 Å². The van der Waals surface area contributed by atoms with Crippen molar-refractivity contribution in [3.8, 4) is 28.1 Å². The van der Waals surface area contributed by atoms with E-state index >= 15 is 4.39 Å². The lowest BCUT2D eigenvalue weighted by molar-refractivity contribution is -0.136. The molecule has 1 saturated heterocycles. The minimum Gasteiger partial charge on any atom is -0.490 e. The molecule has 2 aromatic heterocycles. The maximum absolute atomic E-state index is 15.3. The van der Waals surface area contributed by atoms with Gasteiger partial charge in [0.1, 0.15) is 23.2 Å². The van der Waals surface area contributed by atoms with E-state index in [1.807, 2.05) is 36.6 Å². The minimum absolute atomic E-state index is 0.151. The van der Waals surface area contributed by atoms with Crippen LogP contribution in [0.2, 0.25) is 0 Å². The predicted octanol–water partition coefficient (Wildman–Crippen LogP) is 6.60. The first-order valence-electron chi connectivity index (χ1n) is 14.9. The van der Waals surface area contributed by atoms with E-state index in [2.05, 4.69) is 16.8 Å². The van der Waals surface area contributed by atoms with Gasteiger partial charge in [0.2, 0.25) is 5.78 Å². The van der Waals surface area contributed by atoms with Gasteiger partial charge < -0.3 is 19.5 Å². The molecule has 6 bridgehead atoms. The highest BCUT2D eigenvalue weighted by atomic mass is 19.1. The first kappa shape index (κ1) is 29.0. The van der Waals surface area contributed by atoms with E-state index < -0.39 is 17.6 Å². The van der Waals surface area contributed by atoms with Crippen LogP contribution in [-0.4, -0.2) is 56.8 Å². The summed E-state index contributed by atoms with van der Waals surface area (Å²) in [6.07, 6.45) is 5.42. The fourth-order valence-corrected chi connectivity index (χ4v) is 6.19. The number of aromatic nitrogens is 3. The van der Waals surface area contributed by atoms with Crippen molar-refractivity contribution in [2.24, 2.45) is 0 Å². The topological polar surface area (TPSA) is 89.2 Å². The van der Waals surface area contributed by atoms with E-state index in [9.17, 15) is 14.3 Å². The van der Waals surface area contributed by atoms with Gasteiger partial charge >= 0.3 is 5.97 Å². The number of hydrogen-bond donors (Lipinski definition) is 1. The molecule has 0 aliphatic carbocycles. The number of imidazole rings is 1. The number of nitrogens with zero attached hydrogens (tertiary/aromatic N) is 4. The lowest BCUT2D eigenvalue weighted by Crippen LogP contribution is -2.45. The summed E-state index contributed by atoms with van der Waals surface area (Å²) in [4.78, 5) is 23.6. The van der Waals surface area contributed by atoms with Crippen LogP contribution in [-0.2, 0) is 16.0 Å². The molecule has 0 spiro atoms. The van der Waals surface area contributed by atoms with Gasteiger partial charge in [-0.2, -0.15) is 0 Å². The van der Waals surface area contributed by atoms with E-state index in [4.69, 9.17) is 14.5 Å². The number of hydrogen-bond acceptors (Lipinski definition) is 6. The van der Waals surface area contributed by atoms with E-state index in [-0.39, 0.29) is 29.4 Å². The molecule has 2 aromatic carbocycles. The lowest BCUT2D eigenvalue weighted by Gasteiger charge is -2.41. The van der Waals surface area contributed by atoms with Gasteiger partial charge in [-0.25, -0.2) is 18.7 Å². The van der Waals surface area contributed by atoms with Crippen LogP contribution >= 0.6 is 0 Å². The summed E-state index contributed by atoms with van der Waals surface area (Å²) in [6.45, 7) is 7.86. The van der Waals surface area contributed by atoms with Crippen molar-refractivity contribution in [3.05, 3.63) is 65.5 Å². The lowest BCUT2D eigenvalue weighted by atomic mass is 9.92. The van der Waals surface area contributed by atoms with Crippen molar-refractivity contribution in [1.29, 1.82) is 0 Å². The van der Waals surface area contributed by atoms with E-state index in [0.29, 0.717) is 60.0 Å². The van der Waals surface area contributed by atoms with Gasteiger partial charge in [0.05, 0.1) is 29.4 Å². The molecule has 1 atom stereocenters. The molecule has 0 radical (unpaired) electrons. The summed E-state index contributed by atoms with van der Waals surface area (Å²) >= 11 is 0. The molecular weight excluding hydrogens is 554 g/mol. The number of anilines is 1. The summed E-state index contributed by atoms with van der Waals surface area (Å²) in [7, 11) is 0. The maximum Gasteiger partial charge on any atom is 0.308 e. The average Bonchev–Trinajstić information content (AvgIpc) is 3.36. The van der Waals surface area contributed by atoms with Gasteiger partial charge in [-0.1, -0.05) is 18.2 Å². The Morgan fingerprint density at radius 1 is 1.12 bits per heavy atom. The molecule has 43 heavy (non-hydrogen) atoms. The number of ether oxygens (including phenoxy) is 2. The number of carboxylic acids is 1. The molecule has 3 aliphatic heterocycles. The summed E-state index contributed by atoms with van der Waals surface area (Å²) in [5.74, 6) is -0.974. The Hall–Kier alpha value is -4.05. The second-order valence-corrected chi connectivity index (χ2v) is 11.9. The number of rotatable bonds is 2. The van der Waals surface area contributed by atoms with Crippen LogP contribution in [0, 0.1) is 18.6 Å². The third-order valence-electron chi connectivity index (χ3n) is 8.59. The fourth-order valence-electron chi connectivity index (χ4n) is 6.19. The molecule has 10 heteroatoms. The molecule has 7 rings (SSSR count). The molecule has 4 aromatic rings. The van der Waals surface area contributed by atoms with Crippen LogP contribution in [0.25, 0.3) is 28.2 Å². The van der Waals surface area contributed by atoms with E-state index in [0.717, 1.165) is 37.6 Å². The van der Waals surface area contributed by atoms with Crippen molar-refractivity contribution in [2.75, 3.05) is 24.6 Å². The summed E-state index contributed by atoms with van der Waals surface area (Å²) in [5.41, 5.74) is 3.00. The van der Waals surface area contributed by atoms with Crippen LogP contribution in [0.4, 0.5) is 14.6 Å². The minimum atomic E-state index is -0.932. The second-order valence-electron chi connectivity index (χ2n) is 11.9. The molecule has 1 unspecified atom stereocenters. The zero-order valence-corrected chi connectivity index (χ0v) is 24.7. The molecule has 8 nitrogen and oxygen atoms in total. The zero-order valence-electron chi connectivity index (χ0n) is 24.7. The van der Waals surface area contributed by atoms with Gasteiger partial charge in [-0.15, -0.1) is 0 Å². The van der Waals surface area contributed by atoms with Gasteiger partial charge in [0, 0.05) is 54.8 Å². The van der Waals surface area contributed by atoms with Crippen LogP contribution in [0.5, 0.6) is 5.75 Å². The third-order valence-corrected chi connectivity index (χ3v) is 8.59. The Morgan fingerprint density at radius 3 is 2.65 bits per heavy atom. The monoisotopic (exact) mass is 590 g/mol. The summed E-state index contributed by atoms with van der Waals surface area (Å²) < 4.78 is 44.1. The van der Waals surface area contributed by atoms with Crippen LogP contribution in [0.15, 0.2) is 42.6 Å². The first-order chi connectivity index (χ1) is 20.6. The van der Waals surface area contributed by atoms with Crippen molar-refractivity contribution >= 4 is 17.6 Å². The Balaban J connectivity index is 1.51. The zero-order chi connectivity index (χ0) is 30.3. The molecular formula is C33H36F2N4O4. The molecule has 3 aliphatic rings. The average molecular weight is 591 g/mol. The normalized spacial score (nSPS) is 21.0. The van der Waals surface area contributed by atoms with Crippen molar-refractivity contribution in [2.45, 2.75) is 71.0 Å². The number of fused-ring (bicyclic) bond motifs is 8. The number of aliphatic carboxylic acids is 1. The number of benzene rings is 2. The van der Waals surface area contributed by atoms with Crippen molar-refractivity contribution in [3.63, 3.8) is 0 Å². The number of carboxylic acid groups (broad SMARTS) is 1. The molecule has 0 saturated carbocycles. The quantitative estimate of drug-likeness (QED) is 0.281. The second kappa shape index (κ2) is 11.6.